The largest absolute Gasteiger partial charge is 0.508 e. The first-order valence-electron chi connectivity index (χ1n) is 36.7. The normalized spacial score (nSPS) is 21.3. The molecule has 628 valence electrons. The molecule has 10 atom stereocenters. The molecule has 0 aliphatic carbocycles. The molecule has 0 saturated carbocycles. The summed E-state index contributed by atoms with van der Waals surface area (Å²) in [5, 5.41) is 81.5. The fourth-order valence-electron chi connectivity index (χ4n) is 12.4. The molecule has 0 spiro atoms. The van der Waals surface area contributed by atoms with Gasteiger partial charge in [0.1, 0.15) is 60.1 Å². The number of nitrogens with two attached hydrogens (primary N) is 3. The van der Waals surface area contributed by atoms with Crippen molar-refractivity contribution < 1.29 is 102 Å². The summed E-state index contributed by atoms with van der Waals surface area (Å²) in [7, 11) is 1.59. The minimum absolute atomic E-state index is 0.00555. The molecule has 116 heavy (non-hydrogen) atoms. The van der Waals surface area contributed by atoms with Gasteiger partial charge in [-0.2, -0.15) is 0 Å². The fourth-order valence-corrected chi connectivity index (χ4v) is 14.9. The monoisotopic (exact) mass is 1670 g/mol. The summed E-state index contributed by atoms with van der Waals surface area (Å²) in [6.07, 6.45) is -3.11. The molecule has 3 aliphatic heterocycles. The molecule has 43 heteroatoms. The number of amides is 15. The van der Waals surface area contributed by atoms with E-state index in [-0.39, 0.29) is 111 Å². The highest BCUT2D eigenvalue weighted by Crippen LogP contribution is 2.26. The van der Waals surface area contributed by atoms with Crippen LogP contribution in [0.25, 0.3) is 0 Å². The molecule has 3 fully saturated rings. The number of anilines is 2. The minimum atomic E-state index is -1.91. The van der Waals surface area contributed by atoms with Gasteiger partial charge < -0.3 is 101 Å². The third-order valence-electron chi connectivity index (χ3n) is 18.5. The number of carbonyl (C=O) groups is 16. The molecule has 0 unspecified atom stereocenters. The van der Waals surface area contributed by atoms with Crippen LogP contribution in [0, 0.1) is 0 Å². The molecule has 0 aromatic heterocycles. The van der Waals surface area contributed by atoms with Gasteiger partial charge in [0, 0.05) is 99.5 Å². The van der Waals surface area contributed by atoms with Gasteiger partial charge in [-0.3, -0.25) is 92.0 Å². The fraction of sp³-hybridized carbons (Fsp3) is 0.452. The highest BCUT2D eigenvalue weighted by atomic mass is 35.5. The predicted molar refractivity (Wildman–Crippen MR) is 422 cm³/mol. The van der Waals surface area contributed by atoms with Crippen molar-refractivity contribution >= 4 is 140 Å². The Morgan fingerprint density at radius 1 is 0.560 bits per heavy atom. The van der Waals surface area contributed by atoms with E-state index in [2.05, 4.69) is 58.5 Å². The van der Waals surface area contributed by atoms with Crippen LogP contribution >= 0.6 is 33.2 Å². The maximum Gasteiger partial charge on any atom is 0.322 e. The third-order valence-corrected chi connectivity index (χ3v) is 21.1. The van der Waals surface area contributed by atoms with E-state index in [9.17, 15) is 83.1 Å². The number of primary amides is 2. The van der Waals surface area contributed by atoms with E-state index in [1.807, 2.05) is 5.32 Å². The number of imide groups is 1. The van der Waals surface area contributed by atoms with Crippen molar-refractivity contribution in [2.24, 2.45) is 17.2 Å². The molecule has 7 rings (SSSR count). The van der Waals surface area contributed by atoms with Gasteiger partial charge in [-0.15, -0.1) is 0 Å². The molecule has 40 nitrogen and oxygen atoms in total. The number of benzene rings is 4. The van der Waals surface area contributed by atoms with E-state index in [1.165, 1.54) is 94.7 Å². The molecule has 4 aromatic carbocycles. The van der Waals surface area contributed by atoms with E-state index in [0.29, 0.717) is 17.5 Å². The first-order valence-corrected chi connectivity index (χ1v) is 39.6. The van der Waals surface area contributed by atoms with Crippen molar-refractivity contribution in [2.45, 2.75) is 112 Å². The number of carbonyl (C=O) groups excluding carboxylic acids is 13. The molecular formula is C73H96ClN19O21S2. The van der Waals surface area contributed by atoms with E-state index in [1.54, 1.807) is 21.9 Å². The van der Waals surface area contributed by atoms with E-state index in [4.69, 9.17) is 28.8 Å². The first kappa shape index (κ1) is 91.9. The van der Waals surface area contributed by atoms with Crippen molar-refractivity contribution in [1.82, 2.24) is 72.8 Å². The van der Waals surface area contributed by atoms with Gasteiger partial charge in [0.15, 0.2) is 0 Å². The van der Waals surface area contributed by atoms with Gasteiger partial charge in [-0.25, -0.2) is 9.59 Å². The Morgan fingerprint density at radius 2 is 1.09 bits per heavy atom. The van der Waals surface area contributed by atoms with Crippen LogP contribution < -0.4 is 81.0 Å². The number of nitrogens with zero attached hydrogens (tertiary/aromatic N) is 4. The molecule has 3 aliphatic rings. The van der Waals surface area contributed by atoms with Crippen LogP contribution in [-0.2, 0) is 86.4 Å². The van der Waals surface area contributed by atoms with Crippen molar-refractivity contribution in [1.29, 1.82) is 0 Å². The second kappa shape index (κ2) is 45.7. The highest BCUT2D eigenvalue weighted by molar-refractivity contribution is 8.76. The van der Waals surface area contributed by atoms with Crippen LogP contribution in [0.1, 0.15) is 60.9 Å². The van der Waals surface area contributed by atoms with Gasteiger partial charge in [-0.05, 0) is 104 Å². The van der Waals surface area contributed by atoms with Gasteiger partial charge in [0.05, 0.1) is 38.7 Å². The van der Waals surface area contributed by atoms with E-state index < -0.39 is 212 Å². The number of nitrogens with one attached hydrogen (secondary N) is 12. The number of phenolic OH excluding ortho intramolecular Hbond substituents is 1. The summed E-state index contributed by atoms with van der Waals surface area (Å²) in [6, 6.07) is 5.71. The molecule has 23 N–H and O–H groups in total. The van der Waals surface area contributed by atoms with Crippen molar-refractivity contribution in [3.63, 3.8) is 0 Å². The molecule has 4 aromatic rings. The smallest absolute Gasteiger partial charge is 0.322 e. The number of unbranched alkanes of at least 4 members (excludes halogenated alkanes) is 1. The zero-order chi connectivity index (χ0) is 84.7. The second-order valence-corrected chi connectivity index (χ2v) is 30.6. The summed E-state index contributed by atoms with van der Waals surface area (Å²) >= 11 is 6.31. The minimum Gasteiger partial charge on any atom is -0.508 e. The van der Waals surface area contributed by atoms with E-state index >= 15 is 19.2 Å². The standard InChI is InChI=1S/C73H96ClN19O21S2/c1-40(94)61-71(112)85-55(70(111)89-62(63(76)104)44-12-18-48(95)19-13-44)39-116-115-38-54(84-66(107)50(30-41-8-14-45(74)15-9-41)80-57(97)34-90-21-23-91(35-58(98)99)25-27-93(37-60(102)103)28-26-92(24-22-90)36-59(100)101)69(110)83-52(32-43-5-4-6-47(29-43)78-65(106)53-33-56(96)87-73(114)86-53)68(109)82-51(31-42-10-16-46(17-11-42)79-72(77)113)67(108)81-49(64(105)88-61)7-2-3-20-75/h4-6,8-19,29,40,49-55,61-62,94-95H,2-3,7,20-28,30-39,75H2,1H3,(H2,76,104)(H,78,106)(H,80,97)(H,81,108)(H,82,109)(H,83,110)(H,84,107)(H,85,112)(H,88,105)(H,89,111)(H,98,99)(H,100,101)(H,102,103)(H3,77,79,113)(H2,86,87,96,114)/t40-,49+,50-,51-,52+,53+,54-,55+,61+,62-/m1/s1. The second-order valence-electron chi connectivity index (χ2n) is 27.6. The lowest BCUT2D eigenvalue weighted by Gasteiger charge is -2.33. The molecule has 3 saturated heterocycles. The Hall–Kier alpha value is -11.2. The topological polar surface area (TPSA) is 610 Å². The molecule has 0 bridgehead atoms. The predicted octanol–water partition coefficient (Wildman–Crippen LogP) is -3.78. The summed E-state index contributed by atoms with van der Waals surface area (Å²) < 4.78 is 0. The number of carboxylic acid groups (broad SMARTS) is 3. The van der Waals surface area contributed by atoms with E-state index in [0.717, 1.165) is 28.5 Å². The van der Waals surface area contributed by atoms with Crippen LogP contribution in [0.5, 0.6) is 5.75 Å². The summed E-state index contributed by atoms with van der Waals surface area (Å²) in [5.41, 5.74) is 18.3. The Balaban J connectivity index is 1.33. The Morgan fingerprint density at radius 3 is 1.64 bits per heavy atom. The zero-order valence-corrected chi connectivity index (χ0v) is 65.4. The Kier molecular flexibility index (Phi) is 36.2. The zero-order valence-electron chi connectivity index (χ0n) is 63.1. The number of urea groups is 2. The summed E-state index contributed by atoms with van der Waals surface area (Å²) in [4.78, 5) is 226. The third kappa shape index (κ3) is 31.2. The Labute approximate surface area is 678 Å². The number of hydrogen-bond donors (Lipinski definition) is 20. The number of phenols is 1. The molecule has 15 amide bonds. The quantitative estimate of drug-likeness (QED) is 0.0183. The van der Waals surface area contributed by atoms with Crippen LogP contribution in [0.2, 0.25) is 5.02 Å². The van der Waals surface area contributed by atoms with Gasteiger partial charge >= 0.3 is 30.0 Å². The summed E-state index contributed by atoms with van der Waals surface area (Å²) in [6.45, 7) is -0.382. The maximum atomic E-state index is 15.7. The maximum absolute atomic E-state index is 15.7. The molecular weight excluding hydrogens is 1580 g/mol. The number of hydrogen-bond acceptors (Lipinski definition) is 25. The SMILES string of the molecule is C[C@@H](O)[C@@H]1NC(=O)[C@H](CCCCN)NC(=O)[C@@H](Cc2ccc(NC(N)=O)cc2)NC(=O)[C@H](Cc2cccc(NC(=O)[C@@H]3CC(=O)NC(=O)N3)c2)NC(=O)[C@H](NC(=O)[C@@H](Cc2ccc(Cl)cc2)NC(=O)CN2CCN(CC(=O)O)CCN(CC(=O)O)CCN(CC(=O)O)CC2)CSSC[C@@H](C(=O)N[C@@H](C(N)=O)c2ccc(O)cc2)NC1=O. The number of aliphatic hydroxyl groups is 1. The average Bonchev–Trinajstić information content (AvgIpc) is 0.839. The molecule has 3 heterocycles. The van der Waals surface area contributed by atoms with Gasteiger partial charge in [-0.1, -0.05) is 81.7 Å². The number of carboxylic acids is 3. The number of halogens is 1. The van der Waals surface area contributed by atoms with Crippen molar-refractivity contribution in [3.05, 3.63) is 124 Å². The number of aliphatic hydroxyl groups excluding tert-OH is 1. The van der Waals surface area contributed by atoms with Gasteiger partial charge in [0.25, 0.3) is 0 Å². The van der Waals surface area contributed by atoms with Crippen LogP contribution in [-0.4, -0.2) is 291 Å². The average molecular weight is 1680 g/mol. The van der Waals surface area contributed by atoms with Crippen LogP contribution in [0.3, 0.4) is 0 Å². The summed E-state index contributed by atoms with van der Waals surface area (Å²) in [5.74, 6) is -15.9. The number of aliphatic carboxylic acids is 3. The number of aromatic hydroxyl groups is 1. The van der Waals surface area contributed by atoms with Crippen LogP contribution in [0.4, 0.5) is 21.0 Å². The Bertz CT molecular complexity index is 4130. The lowest BCUT2D eigenvalue weighted by molar-refractivity contribution is -0.140. The highest BCUT2D eigenvalue weighted by Gasteiger charge is 2.39. The van der Waals surface area contributed by atoms with Gasteiger partial charge in [0.2, 0.25) is 65.0 Å². The van der Waals surface area contributed by atoms with Crippen molar-refractivity contribution in [2.75, 3.05) is 107 Å². The first-order chi connectivity index (χ1) is 55.2. The lowest BCUT2D eigenvalue weighted by atomic mass is 10.0. The van der Waals surface area contributed by atoms with Crippen LogP contribution in [0.15, 0.2) is 97.1 Å². The molecule has 0 radical (unpaired) electrons. The lowest BCUT2D eigenvalue weighted by Crippen LogP contribution is -2.62. The van der Waals surface area contributed by atoms with Crippen molar-refractivity contribution in [3.8, 4) is 5.75 Å². The number of rotatable bonds is 29.